The number of hydrogen-bond acceptors (Lipinski definition) is 11. The molecule has 4 heterocycles. The SMILES string of the molecule is COc1cc(C2CNCCO2)c(-c2cnn(C)c2)cc1Nc1nc(Nc2ccc3nccnc3c2P(C)(C)=O)ncc1C(F)(F)F. The van der Waals surface area contributed by atoms with Gasteiger partial charge in [-0.25, -0.2) is 4.98 Å². The molecule has 1 aliphatic heterocycles. The van der Waals surface area contributed by atoms with Crippen LogP contribution in [0, 0.1) is 0 Å². The second-order valence-corrected chi connectivity index (χ2v) is 14.2. The van der Waals surface area contributed by atoms with E-state index in [4.69, 9.17) is 9.47 Å². The third-order valence-electron chi connectivity index (χ3n) is 7.41. The van der Waals surface area contributed by atoms with Gasteiger partial charge in [0.1, 0.15) is 29.8 Å². The minimum absolute atomic E-state index is 0.154. The highest BCUT2D eigenvalue weighted by Crippen LogP contribution is 2.43. The number of ether oxygens (including phenoxy) is 2. The maximum atomic E-state index is 14.3. The summed E-state index contributed by atoms with van der Waals surface area (Å²) in [6.45, 7) is 4.91. The zero-order valence-electron chi connectivity index (χ0n) is 25.4. The molecule has 0 radical (unpaired) electrons. The van der Waals surface area contributed by atoms with Gasteiger partial charge in [0.2, 0.25) is 5.95 Å². The van der Waals surface area contributed by atoms with E-state index in [1.165, 1.54) is 19.5 Å². The van der Waals surface area contributed by atoms with Crippen LogP contribution in [-0.4, -0.2) is 69.9 Å². The van der Waals surface area contributed by atoms with E-state index in [1.807, 2.05) is 6.20 Å². The highest BCUT2D eigenvalue weighted by atomic mass is 31.2. The van der Waals surface area contributed by atoms with Gasteiger partial charge < -0.3 is 30.0 Å². The zero-order chi connectivity index (χ0) is 32.6. The highest BCUT2D eigenvalue weighted by molar-refractivity contribution is 7.71. The fraction of sp³-hybridized carbons (Fsp3) is 0.300. The van der Waals surface area contributed by atoms with Crippen molar-refractivity contribution in [2.45, 2.75) is 12.3 Å². The summed E-state index contributed by atoms with van der Waals surface area (Å²) in [4.78, 5) is 16.8. The second-order valence-electron chi connectivity index (χ2n) is 11.0. The van der Waals surface area contributed by atoms with Crippen LogP contribution >= 0.6 is 7.14 Å². The summed E-state index contributed by atoms with van der Waals surface area (Å²) in [5.74, 6) is -0.383. The lowest BCUT2D eigenvalue weighted by Crippen LogP contribution is -2.33. The summed E-state index contributed by atoms with van der Waals surface area (Å²) in [7, 11) is 0.255. The summed E-state index contributed by atoms with van der Waals surface area (Å²) in [5, 5.41) is 13.8. The van der Waals surface area contributed by atoms with Gasteiger partial charge in [-0.2, -0.15) is 23.3 Å². The number of methoxy groups -OCH3 is 1. The standard InChI is InChI=1S/C30H31F3N9O3P/c1-42-16-17(13-38-42)18-11-23(24(44-2)12-19(18)25-15-34-9-10-45-25)39-28-20(30(31,32)33)14-37-29(41-28)40-22-6-5-21-26(36-8-7-35-21)27(22)46(3,4)43/h5-8,11-14,16,25,34H,9-10,15H2,1-4H3,(H2,37,39,40,41). The second kappa shape index (κ2) is 12.3. The molecule has 5 aromatic rings. The number of aromatic nitrogens is 6. The Kier molecular flexibility index (Phi) is 8.40. The van der Waals surface area contributed by atoms with Crippen molar-refractivity contribution in [1.82, 2.24) is 35.0 Å². The lowest BCUT2D eigenvalue weighted by molar-refractivity contribution is -0.137. The van der Waals surface area contributed by atoms with Crippen LogP contribution in [0.5, 0.6) is 5.75 Å². The van der Waals surface area contributed by atoms with Crippen molar-refractivity contribution in [3.8, 4) is 16.9 Å². The molecule has 46 heavy (non-hydrogen) atoms. The van der Waals surface area contributed by atoms with Gasteiger partial charge in [0.25, 0.3) is 0 Å². The van der Waals surface area contributed by atoms with E-state index < -0.39 is 24.7 Å². The zero-order valence-corrected chi connectivity index (χ0v) is 26.3. The average Bonchev–Trinajstić information content (AvgIpc) is 3.46. The molecule has 0 bridgehead atoms. The van der Waals surface area contributed by atoms with Crippen molar-refractivity contribution in [3.05, 3.63) is 66.4 Å². The number of nitrogens with one attached hydrogen (secondary N) is 3. The van der Waals surface area contributed by atoms with Crippen molar-refractivity contribution in [3.63, 3.8) is 0 Å². The van der Waals surface area contributed by atoms with Crippen LogP contribution in [0.1, 0.15) is 17.2 Å². The molecular formula is C30H31F3N9O3P. The number of halogens is 3. The smallest absolute Gasteiger partial charge is 0.421 e. The summed E-state index contributed by atoms with van der Waals surface area (Å²) >= 11 is 0. The van der Waals surface area contributed by atoms with E-state index in [0.717, 1.165) is 11.1 Å². The molecule has 0 saturated carbocycles. The van der Waals surface area contributed by atoms with Gasteiger partial charge in [-0.3, -0.25) is 14.6 Å². The number of aryl methyl sites for hydroxylation is 1. The van der Waals surface area contributed by atoms with Crippen molar-refractivity contribution in [1.29, 1.82) is 0 Å². The van der Waals surface area contributed by atoms with Crippen LogP contribution in [-0.2, 0) is 22.5 Å². The minimum atomic E-state index is -4.78. The Hall–Kier alpha value is -4.59. The molecule has 1 saturated heterocycles. The molecule has 240 valence electrons. The number of anilines is 4. The van der Waals surface area contributed by atoms with Crippen molar-refractivity contribution in [2.75, 3.05) is 50.8 Å². The van der Waals surface area contributed by atoms with Crippen LogP contribution in [0.3, 0.4) is 0 Å². The Morgan fingerprint density at radius 3 is 2.57 bits per heavy atom. The van der Waals surface area contributed by atoms with Crippen molar-refractivity contribution in [2.24, 2.45) is 7.05 Å². The fourth-order valence-electron chi connectivity index (χ4n) is 5.36. The Balaban J connectivity index is 1.45. The molecule has 0 amide bonds. The fourth-order valence-corrected chi connectivity index (χ4v) is 6.76. The predicted molar refractivity (Wildman–Crippen MR) is 169 cm³/mol. The van der Waals surface area contributed by atoms with Crippen LogP contribution < -0.4 is 26.0 Å². The molecule has 3 aromatic heterocycles. The summed E-state index contributed by atoms with van der Waals surface area (Å²) in [6, 6.07) is 6.75. The minimum Gasteiger partial charge on any atom is -0.495 e. The quantitative estimate of drug-likeness (QED) is 0.189. The van der Waals surface area contributed by atoms with Crippen molar-refractivity contribution >= 4 is 46.6 Å². The molecule has 12 nitrogen and oxygen atoms in total. The van der Waals surface area contributed by atoms with Crippen LogP contribution in [0.25, 0.3) is 22.2 Å². The van der Waals surface area contributed by atoms with E-state index >= 15 is 0 Å². The first-order chi connectivity index (χ1) is 21.9. The van der Waals surface area contributed by atoms with E-state index in [2.05, 4.69) is 41.0 Å². The maximum absolute atomic E-state index is 14.3. The van der Waals surface area contributed by atoms with Gasteiger partial charge in [0, 0.05) is 50.5 Å². The first-order valence-corrected chi connectivity index (χ1v) is 16.8. The monoisotopic (exact) mass is 653 g/mol. The largest absolute Gasteiger partial charge is 0.495 e. The van der Waals surface area contributed by atoms with E-state index in [1.54, 1.807) is 55.5 Å². The molecule has 0 spiro atoms. The Labute approximate surface area is 262 Å². The van der Waals surface area contributed by atoms with Crippen LogP contribution in [0.15, 0.2) is 55.2 Å². The van der Waals surface area contributed by atoms with Crippen LogP contribution in [0.2, 0.25) is 0 Å². The topological polar surface area (TPSA) is 141 Å². The van der Waals surface area contributed by atoms with Gasteiger partial charge >= 0.3 is 6.18 Å². The summed E-state index contributed by atoms with van der Waals surface area (Å²) in [5.41, 5.74) is 2.66. The molecule has 16 heteroatoms. The molecule has 0 aliphatic carbocycles. The van der Waals surface area contributed by atoms with Crippen LogP contribution in [0.4, 0.5) is 36.3 Å². The predicted octanol–water partition coefficient (Wildman–Crippen LogP) is 5.24. The Morgan fingerprint density at radius 2 is 1.89 bits per heavy atom. The lowest BCUT2D eigenvalue weighted by atomic mass is 9.96. The van der Waals surface area contributed by atoms with Gasteiger partial charge in [-0.05, 0) is 48.7 Å². The summed E-state index contributed by atoms with van der Waals surface area (Å²) < 4.78 is 69.5. The highest BCUT2D eigenvalue weighted by Gasteiger charge is 2.36. The number of nitrogens with zero attached hydrogens (tertiary/aromatic N) is 6. The van der Waals surface area contributed by atoms with Gasteiger partial charge in [-0.15, -0.1) is 0 Å². The van der Waals surface area contributed by atoms with Gasteiger partial charge in [0.15, 0.2) is 0 Å². The average molecular weight is 654 g/mol. The number of rotatable bonds is 8. The number of benzene rings is 2. The first kappa shape index (κ1) is 31.4. The van der Waals surface area contributed by atoms with E-state index in [0.29, 0.717) is 53.5 Å². The molecule has 2 aromatic carbocycles. The third-order valence-corrected chi connectivity index (χ3v) is 8.94. The molecule has 6 rings (SSSR count). The molecule has 1 aliphatic rings. The third kappa shape index (κ3) is 6.39. The van der Waals surface area contributed by atoms with Gasteiger partial charge in [-0.1, -0.05) is 0 Å². The number of fused-ring (bicyclic) bond motifs is 1. The molecule has 1 fully saturated rings. The molecule has 3 N–H and O–H groups in total. The number of morpholine rings is 1. The Bertz CT molecular complexity index is 1960. The normalized spacial score (nSPS) is 15.6. The molecule has 1 atom stereocenters. The van der Waals surface area contributed by atoms with Gasteiger partial charge in [0.05, 0.1) is 48.2 Å². The molecule has 1 unspecified atom stereocenters. The first-order valence-electron chi connectivity index (χ1n) is 14.2. The van der Waals surface area contributed by atoms with Crippen molar-refractivity contribution < 1.29 is 27.2 Å². The van der Waals surface area contributed by atoms with E-state index in [9.17, 15) is 17.7 Å². The maximum Gasteiger partial charge on any atom is 0.421 e. The summed E-state index contributed by atoms with van der Waals surface area (Å²) in [6.07, 6.45) is 2.08. The Morgan fingerprint density at radius 1 is 1.09 bits per heavy atom. The lowest BCUT2D eigenvalue weighted by Gasteiger charge is -2.27. The number of alkyl halides is 3. The molecular weight excluding hydrogens is 622 g/mol. The number of hydrogen-bond donors (Lipinski definition) is 3. The van der Waals surface area contributed by atoms with E-state index in [-0.39, 0.29) is 23.5 Å².